The summed E-state index contributed by atoms with van der Waals surface area (Å²) in [6.45, 7) is 5.24. The molecule has 0 saturated carbocycles. The monoisotopic (exact) mass is 236 g/mol. The van der Waals surface area contributed by atoms with Gasteiger partial charge in [0.2, 0.25) is 0 Å². The van der Waals surface area contributed by atoms with E-state index in [1.807, 2.05) is 0 Å². The van der Waals surface area contributed by atoms with Crippen molar-refractivity contribution in [2.24, 2.45) is 0 Å². The molecule has 0 aliphatic heterocycles. The fourth-order valence-electron chi connectivity index (χ4n) is 1.17. The van der Waals surface area contributed by atoms with Crippen LogP contribution in [0, 0.1) is 10.1 Å². The van der Waals surface area contributed by atoms with E-state index in [1.165, 1.54) is 6.07 Å². The molecule has 0 aromatic heterocycles. The number of nitrogens with one attached hydrogen (secondary N) is 1. The van der Waals surface area contributed by atoms with E-state index in [-0.39, 0.29) is 11.6 Å². The van der Waals surface area contributed by atoms with Gasteiger partial charge in [0.25, 0.3) is 5.91 Å². The van der Waals surface area contributed by atoms with Crippen molar-refractivity contribution in [1.29, 1.82) is 0 Å². The second-order valence-corrected chi connectivity index (χ2v) is 3.46. The second-order valence-electron chi connectivity index (χ2n) is 3.46. The first-order valence-electron chi connectivity index (χ1n) is 4.86. The normalized spacial score (nSPS) is 11.6. The van der Waals surface area contributed by atoms with Crippen LogP contribution in [0.2, 0.25) is 0 Å². The molecule has 0 spiro atoms. The van der Waals surface area contributed by atoms with Gasteiger partial charge < -0.3 is 10.4 Å². The molecule has 1 amide bonds. The summed E-state index contributed by atoms with van der Waals surface area (Å²) in [4.78, 5) is 21.3. The number of phenols is 1. The molecule has 1 aromatic carbocycles. The minimum absolute atomic E-state index is 0.154. The van der Waals surface area contributed by atoms with Crippen molar-refractivity contribution >= 4 is 11.6 Å². The lowest BCUT2D eigenvalue weighted by atomic mass is 10.1. The number of amides is 1. The fraction of sp³-hybridized carbons (Fsp3) is 0.182. The maximum atomic E-state index is 11.6. The zero-order chi connectivity index (χ0) is 13.0. The molecule has 0 aliphatic rings. The first kappa shape index (κ1) is 12.7. The van der Waals surface area contributed by atoms with Crippen molar-refractivity contribution in [3.05, 3.63) is 46.5 Å². The Morgan fingerprint density at radius 1 is 1.65 bits per heavy atom. The van der Waals surface area contributed by atoms with E-state index >= 15 is 0 Å². The van der Waals surface area contributed by atoms with Gasteiger partial charge in [0, 0.05) is 17.7 Å². The third-order valence-electron chi connectivity index (χ3n) is 2.15. The number of carbonyl (C=O) groups is 1. The molecule has 1 aromatic rings. The van der Waals surface area contributed by atoms with E-state index in [2.05, 4.69) is 11.9 Å². The molecular weight excluding hydrogens is 224 g/mol. The van der Waals surface area contributed by atoms with E-state index in [0.717, 1.165) is 12.1 Å². The van der Waals surface area contributed by atoms with Crippen LogP contribution in [0.1, 0.15) is 17.3 Å². The molecule has 2 N–H and O–H groups in total. The number of benzene rings is 1. The third kappa shape index (κ3) is 3.04. The molecule has 17 heavy (non-hydrogen) atoms. The zero-order valence-corrected chi connectivity index (χ0v) is 9.21. The summed E-state index contributed by atoms with van der Waals surface area (Å²) in [5.41, 5.74) is -0.278. The fourth-order valence-corrected chi connectivity index (χ4v) is 1.17. The topological polar surface area (TPSA) is 92.5 Å². The summed E-state index contributed by atoms with van der Waals surface area (Å²) in [7, 11) is 0. The Hall–Kier alpha value is -2.37. The SMILES string of the molecule is C=CC(C)NC(=O)c1ccc([N+](=O)[O-])c(O)c1. The van der Waals surface area contributed by atoms with Crippen molar-refractivity contribution < 1.29 is 14.8 Å². The van der Waals surface area contributed by atoms with Crippen LogP contribution in [-0.4, -0.2) is 22.0 Å². The van der Waals surface area contributed by atoms with Crippen LogP contribution in [0.25, 0.3) is 0 Å². The van der Waals surface area contributed by atoms with Crippen LogP contribution in [0.5, 0.6) is 5.75 Å². The van der Waals surface area contributed by atoms with Gasteiger partial charge in [-0.2, -0.15) is 0 Å². The Balaban J connectivity index is 2.94. The summed E-state index contributed by atoms with van der Waals surface area (Å²) in [5, 5.41) is 22.4. The Bertz CT molecular complexity index is 471. The van der Waals surface area contributed by atoms with Crippen molar-refractivity contribution in [3.63, 3.8) is 0 Å². The van der Waals surface area contributed by atoms with Crippen LogP contribution in [-0.2, 0) is 0 Å². The molecule has 6 nitrogen and oxygen atoms in total. The van der Waals surface area contributed by atoms with Crippen molar-refractivity contribution in [1.82, 2.24) is 5.32 Å². The largest absolute Gasteiger partial charge is 0.502 e. The van der Waals surface area contributed by atoms with Crippen LogP contribution in [0.15, 0.2) is 30.9 Å². The van der Waals surface area contributed by atoms with Gasteiger partial charge in [-0.1, -0.05) is 6.08 Å². The maximum absolute atomic E-state index is 11.6. The lowest BCUT2D eigenvalue weighted by Crippen LogP contribution is -2.30. The highest BCUT2D eigenvalue weighted by Crippen LogP contribution is 2.26. The molecule has 0 radical (unpaired) electrons. The average molecular weight is 236 g/mol. The number of hydrogen-bond acceptors (Lipinski definition) is 4. The van der Waals surface area contributed by atoms with Gasteiger partial charge in [0.15, 0.2) is 5.75 Å². The van der Waals surface area contributed by atoms with Crippen molar-refractivity contribution in [2.45, 2.75) is 13.0 Å². The summed E-state index contributed by atoms with van der Waals surface area (Å²) in [6.07, 6.45) is 1.54. The Morgan fingerprint density at radius 3 is 2.76 bits per heavy atom. The summed E-state index contributed by atoms with van der Waals surface area (Å²) < 4.78 is 0. The average Bonchev–Trinajstić information content (AvgIpc) is 2.28. The minimum atomic E-state index is -0.719. The lowest BCUT2D eigenvalue weighted by Gasteiger charge is -2.09. The number of carbonyl (C=O) groups excluding carboxylic acids is 1. The van der Waals surface area contributed by atoms with Crippen LogP contribution in [0.3, 0.4) is 0 Å². The first-order chi connectivity index (χ1) is 7.95. The van der Waals surface area contributed by atoms with E-state index in [9.17, 15) is 20.0 Å². The molecule has 90 valence electrons. The van der Waals surface area contributed by atoms with Gasteiger partial charge in [0.05, 0.1) is 4.92 Å². The molecule has 6 heteroatoms. The molecule has 1 rings (SSSR count). The van der Waals surface area contributed by atoms with Crippen molar-refractivity contribution in [2.75, 3.05) is 0 Å². The number of hydrogen-bond donors (Lipinski definition) is 2. The van der Waals surface area contributed by atoms with Crippen LogP contribution < -0.4 is 5.32 Å². The molecule has 0 fully saturated rings. The molecule has 0 heterocycles. The summed E-state index contributed by atoms with van der Waals surface area (Å²) in [5.74, 6) is -0.962. The third-order valence-corrected chi connectivity index (χ3v) is 2.15. The summed E-state index contributed by atoms with van der Waals surface area (Å²) in [6, 6.07) is 3.20. The van der Waals surface area contributed by atoms with Gasteiger partial charge in [-0.3, -0.25) is 14.9 Å². The number of nitrogens with zero attached hydrogens (tertiary/aromatic N) is 1. The molecule has 0 saturated heterocycles. The van der Waals surface area contributed by atoms with Gasteiger partial charge in [-0.05, 0) is 19.1 Å². The van der Waals surface area contributed by atoms with Gasteiger partial charge >= 0.3 is 5.69 Å². The van der Waals surface area contributed by atoms with Crippen molar-refractivity contribution in [3.8, 4) is 5.75 Å². The number of nitro groups is 1. The lowest BCUT2D eigenvalue weighted by molar-refractivity contribution is -0.385. The van der Waals surface area contributed by atoms with Gasteiger partial charge in [-0.15, -0.1) is 6.58 Å². The molecule has 0 aliphatic carbocycles. The van der Waals surface area contributed by atoms with E-state index < -0.39 is 22.3 Å². The Labute approximate surface area is 97.7 Å². The highest BCUT2D eigenvalue weighted by atomic mass is 16.6. The number of nitro benzene ring substituents is 1. The van der Waals surface area contributed by atoms with Gasteiger partial charge in [-0.25, -0.2) is 0 Å². The predicted octanol–water partition coefficient (Wildman–Crippen LogP) is 1.60. The van der Waals surface area contributed by atoms with E-state index in [1.54, 1.807) is 13.0 Å². The number of phenolic OH excluding ortho intramolecular Hbond substituents is 1. The molecular formula is C11H12N2O4. The minimum Gasteiger partial charge on any atom is -0.502 e. The highest BCUT2D eigenvalue weighted by Gasteiger charge is 2.16. The second kappa shape index (κ2) is 5.11. The standard InChI is InChI=1S/C11H12N2O4/c1-3-7(2)12-11(15)8-4-5-9(13(16)17)10(14)6-8/h3-7,14H,1H2,2H3,(H,12,15). The Kier molecular flexibility index (Phi) is 3.82. The quantitative estimate of drug-likeness (QED) is 0.471. The zero-order valence-electron chi connectivity index (χ0n) is 9.21. The predicted molar refractivity (Wildman–Crippen MR) is 61.9 cm³/mol. The Morgan fingerprint density at radius 2 is 2.29 bits per heavy atom. The van der Waals surface area contributed by atoms with E-state index in [0.29, 0.717) is 0 Å². The maximum Gasteiger partial charge on any atom is 0.310 e. The van der Waals surface area contributed by atoms with Crippen LogP contribution >= 0.6 is 0 Å². The van der Waals surface area contributed by atoms with Crippen LogP contribution in [0.4, 0.5) is 5.69 Å². The molecule has 0 bridgehead atoms. The smallest absolute Gasteiger partial charge is 0.310 e. The highest BCUT2D eigenvalue weighted by molar-refractivity contribution is 5.95. The number of aromatic hydroxyl groups is 1. The summed E-state index contributed by atoms with van der Waals surface area (Å²) >= 11 is 0. The molecule has 1 unspecified atom stereocenters. The number of rotatable bonds is 4. The molecule has 1 atom stereocenters. The first-order valence-corrected chi connectivity index (χ1v) is 4.86. The van der Waals surface area contributed by atoms with E-state index in [4.69, 9.17) is 0 Å². The van der Waals surface area contributed by atoms with Gasteiger partial charge in [0.1, 0.15) is 0 Å².